The van der Waals surface area contributed by atoms with E-state index in [1.807, 2.05) is 11.4 Å². The lowest BCUT2D eigenvalue weighted by Crippen LogP contribution is -2.07. The highest BCUT2D eigenvalue weighted by Gasteiger charge is 2.08. The number of rotatable bonds is 7. The Bertz CT molecular complexity index is 501. The maximum atomic E-state index is 5.45. The summed E-state index contributed by atoms with van der Waals surface area (Å²) < 4.78 is 10.4. The van der Waals surface area contributed by atoms with Crippen LogP contribution in [0, 0.1) is 0 Å². The molecule has 0 bridgehead atoms. The van der Waals surface area contributed by atoms with Crippen LogP contribution in [0.3, 0.4) is 0 Å². The smallest absolute Gasteiger partial charge is 0.158 e. The average Bonchev–Trinajstić information content (AvgIpc) is 2.83. The molecule has 2 heterocycles. The molecular formula is C12H17N3O2S. The molecule has 98 valence electrons. The second kappa shape index (κ2) is 6.63. The van der Waals surface area contributed by atoms with E-state index in [0.717, 1.165) is 22.6 Å². The summed E-state index contributed by atoms with van der Waals surface area (Å²) in [5, 5.41) is 6.35. The van der Waals surface area contributed by atoms with Crippen LogP contribution in [-0.4, -0.2) is 36.8 Å². The molecule has 5 nitrogen and oxygen atoms in total. The first kappa shape index (κ1) is 13.2. The lowest BCUT2D eigenvalue weighted by atomic mass is 10.3. The van der Waals surface area contributed by atoms with E-state index < -0.39 is 0 Å². The molecule has 2 aromatic heterocycles. The summed E-state index contributed by atoms with van der Waals surface area (Å²) in [7, 11) is 1.65. The molecule has 1 N–H and O–H groups in total. The Hall–Kier alpha value is -1.24. The molecule has 0 amide bonds. The molecule has 0 saturated carbocycles. The third kappa shape index (κ3) is 3.16. The number of hydrogen-bond donors (Lipinski definition) is 1. The molecule has 0 fully saturated rings. The van der Waals surface area contributed by atoms with Crippen LogP contribution < -0.4 is 5.32 Å². The van der Waals surface area contributed by atoms with Crippen LogP contribution in [0.2, 0.25) is 0 Å². The van der Waals surface area contributed by atoms with Gasteiger partial charge >= 0.3 is 0 Å². The zero-order valence-corrected chi connectivity index (χ0v) is 11.4. The fourth-order valence-electron chi connectivity index (χ4n) is 1.57. The summed E-state index contributed by atoms with van der Waals surface area (Å²) in [4.78, 5) is 9.95. The summed E-state index contributed by atoms with van der Waals surface area (Å²) >= 11 is 1.61. The van der Waals surface area contributed by atoms with E-state index >= 15 is 0 Å². The number of methoxy groups -OCH3 is 1. The Morgan fingerprint density at radius 2 is 2.22 bits per heavy atom. The number of hydrogen-bond acceptors (Lipinski definition) is 6. The molecule has 0 aliphatic heterocycles. The van der Waals surface area contributed by atoms with E-state index in [0.29, 0.717) is 25.6 Å². The highest BCUT2D eigenvalue weighted by atomic mass is 32.1. The number of nitrogens with one attached hydrogen (secondary N) is 1. The molecule has 0 aliphatic rings. The van der Waals surface area contributed by atoms with Gasteiger partial charge in [-0.2, -0.15) is 0 Å². The second-order valence-electron chi connectivity index (χ2n) is 3.70. The molecule has 2 aromatic rings. The Morgan fingerprint density at radius 1 is 1.33 bits per heavy atom. The van der Waals surface area contributed by atoms with Crippen molar-refractivity contribution in [1.29, 1.82) is 0 Å². The summed E-state index contributed by atoms with van der Waals surface area (Å²) in [5.41, 5.74) is 0. The van der Waals surface area contributed by atoms with Gasteiger partial charge in [0.25, 0.3) is 0 Å². The zero-order valence-electron chi connectivity index (χ0n) is 10.6. The van der Waals surface area contributed by atoms with Crippen LogP contribution >= 0.6 is 11.3 Å². The average molecular weight is 267 g/mol. The highest BCUT2D eigenvalue weighted by Crippen LogP contribution is 2.25. The second-order valence-corrected chi connectivity index (χ2v) is 4.60. The number of ether oxygens (including phenoxy) is 2. The lowest BCUT2D eigenvalue weighted by molar-refractivity contribution is 0.0588. The van der Waals surface area contributed by atoms with Gasteiger partial charge in [-0.1, -0.05) is 0 Å². The topological polar surface area (TPSA) is 56.3 Å². The summed E-state index contributed by atoms with van der Waals surface area (Å²) in [6, 6.07) is 2.04. The zero-order chi connectivity index (χ0) is 12.8. The molecule has 0 aromatic carbocycles. The Morgan fingerprint density at radius 3 is 3.00 bits per heavy atom. The fraction of sp³-hybridized carbons (Fsp3) is 0.500. The van der Waals surface area contributed by atoms with Gasteiger partial charge in [-0.3, -0.25) is 0 Å². The molecule has 0 saturated heterocycles. The highest BCUT2D eigenvalue weighted by molar-refractivity contribution is 7.16. The first-order chi connectivity index (χ1) is 8.85. The monoisotopic (exact) mass is 267 g/mol. The van der Waals surface area contributed by atoms with Crippen molar-refractivity contribution in [2.24, 2.45) is 0 Å². The Labute approximate surface area is 110 Å². The lowest BCUT2D eigenvalue weighted by Gasteiger charge is -2.07. The van der Waals surface area contributed by atoms with Gasteiger partial charge in [-0.15, -0.1) is 11.3 Å². The van der Waals surface area contributed by atoms with Gasteiger partial charge in [0.15, 0.2) is 5.82 Å². The van der Waals surface area contributed by atoms with Crippen molar-refractivity contribution < 1.29 is 9.47 Å². The van der Waals surface area contributed by atoms with Crippen LogP contribution in [0.4, 0.5) is 5.82 Å². The standard InChI is InChI=1S/C12H17N3O2S/c1-3-13-11-9-4-7-18-12(9)15-10(14-11)8-17-6-5-16-2/h4,7H,3,5-6,8H2,1-2H3,(H,13,14,15). The number of aromatic nitrogens is 2. The molecule has 18 heavy (non-hydrogen) atoms. The molecule has 0 unspecified atom stereocenters. The molecule has 0 radical (unpaired) electrons. The quantitative estimate of drug-likeness (QED) is 0.780. The molecule has 0 aliphatic carbocycles. The third-order valence-electron chi connectivity index (χ3n) is 2.38. The van der Waals surface area contributed by atoms with E-state index in [1.165, 1.54) is 0 Å². The molecule has 0 spiro atoms. The van der Waals surface area contributed by atoms with Gasteiger partial charge in [-0.05, 0) is 18.4 Å². The predicted molar refractivity (Wildman–Crippen MR) is 73.1 cm³/mol. The first-order valence-electron chi connectivity index (χ1n) is 5.89. The van der Waals surface area contributed by atoms with Crippen molar-refractivity contribution in [2.75, 3.05) is 32.2 Å². The van der Waals surface area contributed by atoms with Gasteiger partial charge in [0.1, 0.15) is 17.3 Å². The van der Waals surface area contributed by atoms with Crippen molar-refractivity contribution in [3.05, 3.63) is 17.3 Å². The fourth-order valence-corrected chi connectivity index (χ4v) is 2.35. The maximum absolute atomic E-state index is 5.45. The number of fused-ring (bicyclic) bond motifs is 1. The van der Waals surface area contributed by atoms with Crippen LogP contribution in [0.5, 0.6) is 0 Å². The van der Waals surface area contributed by atoms with Crippen LogP contribution in [0.25, 0.3) is 10.2 Å². The van der Waals surface area contributed by atoms with Gasteiger partial charge in [0, 0.05) is 13.7 Å². The largest absolute Gasteiger partial charge is 0.382 e. The van der Waals surface area contributed by atoms with Crippen molar-refractivity contribution in [1.82, 2.24) is 9.97 Å². The molecule has 0 atom stereocenters. The van der Waals surface area contributed by atoms with Crippen LogP contribution in [0.15, 0.2) is 11.4 Å². The van der Waals surface area contributed by atoms with E-state index in [1.54, 1.807) is 18.4 Å². The summed E-state index contributed by atoms with van der Waals surface area (Å²) in [5.74, 6) is 1.59. The normalized spacial score (nSPS) is 11.0. The van der Waals surface area contributed by atoms with Crippen molar-refractivity contribution in [2.45, 2.75) is 13.5 Å². The minimum absolute atomic E-state index is 0.412. The van der Waals surface area contributed by atoms with E-state index in [-0.39, 0.29) is 0 Å². The number of anilines is 1. The maximum Gasteiger partial charge on any atom is 0.158 e. The summed E-state index contributed by atoms with van der Waals surface area (Å²) in [6.45, 7) is 4.44. The Kier molecular flexibility index (Phi) is 4.86. The minimum atomic E-state index is 0.412. The molecular weight excluding hydrogens is 250 g/mol. The van der Waals surface area contributed by atoms with Crippen molar-refractivity contribution in [3.63, 3.8) is 0 Å². The molecule has 2 rings (SSSR count). The van der Waals surface area contributed by atoms with Gasteiger partial charge < -0.3 is 14.8 Å². The van der Waals surface area contributed by atoms with Gasteiger partial charge in [0.05, 0.1) is 18.6 Å². The van der Waals surface area contributed by atoms with Crippen molar-refractivity contribution >= 4 is 27.4 Å². The van der Waals surface area contributed by atoms with Gasteiger partial charge in [0.2, 0.25) is 0 Å². The van der Waals surface area contributed by atoms with E-state index in [9.17, 15) is 0 Å². The SMILES string of the molecule is CCNc1nc(COCCOC)nc2sccc12. The minimum Gasteiger partial charge on any atom is -0.382 e. The van der Waals surface area contributed by atoms with Crippen molar-refractivity contribution in [3.8, 4) is 0 Å². The third-order valence-corrected chi connectivity index (χ3v) is 3.19. The van der Waals surface area contributed by atoms with Crippen LogP contribution in [0.1, 0.15) is 12.7 Å². The summed E-state index contributed by atoms with van der Waals surface area (Å²) in [6.07, 6.45) is 0. The Balaban J connectivity index is 2.12. The van der Waals surface area contributed by atoms with E-state index in [4.69, 9.17) is 9.47 Å². The predicted octanol–water partition coefficient (Wildman–Crippen LogP) is 2.29. The van der Waals surface area contributed by atoms with Gasteiger partial charge in [-0.25, -0.2) is 9.97 Å². The number of thiophene rings is 1. The first-order valence-corrected chi connectivity index (χ1v) is 6.77. The number of nitrogens with zero attached hydrogens (tertiary/aromatic N) is 2. The molecule has 6 heteroatoms. The van der Waals surface area contributed by atoms with E-state index in [2.05, 4.69) is 22.2 Å². The van der Waals surface area contributed by atoms with Crippen LogP contribution in [-0.2, 0) is 16.1 Å².